The van der Waals surface area contributed by atoms with Gasteiger partial charge in [0.25, 0.3) is 0 Å². The lowest BCUT2D eigenvalue weighted by molar-refractivity contribution is 0.0766. The molecule has 3 heteroatoms. The normalized spacial score (nSPS) is 20.5. The van der Waals surface area contributed by atoms with Gasteiger partial charge in [-0.3, -0.25) is 9.80 Å². The van der Waals surface area contributed by atoms with Gasteiger partial charge in [0.05, 0.1) is 0 Å². The number of hydrogen-bond donors (Lipinski definition) is 1. The maximum Gasteiger partial charge on any atom is 0.0219 e. The molecule has 1 atom stereocenters. The zero-order chi connectivity index (χ0) is 13.4. The molecule has 0 saturated carbocycles. The molecule has 1 aliphatic rings. The Labute approximate surface area is 114 Å². The molecule has 0 aromatic carbocycles. The zero-order valence-electron chi connectivity index (χ0n) is 12.7. The topological polar surface area (TPSA) is 32.5 Å². The molecular formula is C15H33N3. The first-order valence-electron chi connectivity index (χ1n) is 7.87. The van der Waals surface area contributed by atoms with Crippen LogP contribution >= 0.6 is 0 Å². The Morgan fingerprint density at radius 2 is 1.56 bits per heavy atom. The van der Waals surface area contributed by atoms with E-state index in [0.29, 0.717) is 12.1 Å². The molecule has 0 amide bonds. The minimum atomic E-state index is 0.621. The number of nitrogens with two attached hydrogens (primary N) is 1. The zero-order valence-corrected chi connectivity index (χ0v) is 12.7. The number of nitrogens with zero attached hydrogens (tertiary/aromatic N) is 2. The summed E-state index contributed by atoms with van der Waals surface area (Å²) in [5, 5.41) is 0. The summed E-state index contributed by atoms with van der Waals surface area (Å²) in [5.74, 6) is 0. The molecule has 0 aromatic heterocycles. The third-order valence-corrected chi connectivity index (χ3v) is 4.26. The molecule has 0 spiro atoms. The highest BCUT2D eigenvalue weighted by Gasteiger charge is 2.23. The third-order valence-electron chi connectivity index (χ3n) is 4.26. The Kier molecular flexibility index (Phi) is 7.87. The molecule has 3 nitrogen and oxygen atoms in total. The van der Waals surface area contributed by atoms with Gasteiger partial charge in [-0.15, -0.1) is 0 Å². The summed E-state index contributed by atoms with van der Waals surface area (Å²) < 4.78 is 0. The summed E-state index contributed by atoms with van der Waals surface area (Å²) in [4.78, 5) is 5.19. The highest BCUT2D eigenvalue weighted by atomic mass is 15.3. The molecule has 0 radical (unpaired) electrons. The Morgan fingerprint density at radius 3 is 2.06 bits per heavy atom. The minimum Gasteiger partial charge on any atom is -0.329 e. The molecule has 1 fully saturated rings. The van der Waals surface area contributed by atoms with E-state index in [1.54, 1.807) is 0 Å². The fourth-order valence-electron chi connectivity index (χ4n) is 2.88. The third kappa shape index (κ3) is 5.25. The molecule has 1 unspecified atom stereocenters. The van der Waals surface area contributed by atoms with Crippen molar-refractivity contribution in [2.24, 2.45) is 5.73 Å². The van der Waals surface area contributed by atoms with Gasteiger partial charge >= 0.3 is 0 Å². The highest BCUT2D eigenvalue weighted by Crippen LogP contribution is 2.14. The van der Waals surface area contributed by atoms with E-state index in [1.165, 1.54) is 58.3 Å². The fraction of sp³-hybridized carbons (Fsp3) is 1.00. The molecule has 0 aliphatic carbocycles. The molecular weight excluding hydrogens is 222 g/mol. The number of unbranched alkanes of at least 4 members (excludes halogenated alkanes) is 3. The Balaban J connectivity index is 2.25. The van der Waals surface area contributed by atoms with E-state index in [2.05, 4.69) is 30.6 Å². The van der Waals surface area contributed by atoms with Crippen molar-refractivity contribution in [2.45, 2.75) is 65.0 Å². The summed E-state index contributed by atoms with van der Waals surface area (Å²) >= 11 is 0. The second kappa shape index (κ2) is 8.89. The summed E-state index contributed by atoms with van der Waals surface area (Å²) in [7, 11) is 0. The van der Waals surface area contributed by atoms with E-state index in [4.69, 9.17) is 5.73 Å². The van der Waals surface area contributed by atoms with Gasteiger partial charge in [0.15, 0.2) is 0 Å². The maximum absolute atomic E-state index is 5.96. The van der Waals surface area contributed by atoms with Gasteiger partial charge < -0.3 is 5.73 Å². The highest BCUT2D eigenvalue weighted by molar-refractivity contribution is 4.80. The van der Waals surface area contributed by atoms with Crippen LogP contribution in [-0.2, 0) is 0 Å². The van der Waals surface area contributed by atoms with Gasteiger partial charge in [-0.2, -0.15) is 0 Å². The maximum atomic E-state index is 5.96. The lowest BCUT2D eigenvalue weighted by atomic mass is 10.0. The van der Waals surface area contributed by atoms with Crippen molar-refractivity contribution in [1.29, 1.82) is 0 Å². The van der Waals surface area contributed by atoms with Gasteiger partial charge in [-0.25, -0.2) is 0 Å². The molecule has 1 saturated heterocycles. The second-order valence-electron chi connectivity index (χ2n) is 5.90. The average Bonchev–Trinajstić information content (AvgIpc) is 2.39. The molecule has 1 heterocycles. The van der Waals surface area contributed by atoms with E-state index < -0.39 is 0 Å². The molecule has 108 valence electrons. The standard InChI is InChI=1S/C15H33N3/c1-4-5-6-7-8-15(13-16)18-11-9-17(10-12-18)14(2)3/h14-15H,4-13,16H2,1-3H3. The van der Waals surface area contributed by atoms with Gasteiger partial charge in [0.1, 0.15) is 0 Å². The predicted octanol–water partition coefficient (Wildman–Crippen LogP) is 2.31. The largest absolute Gasteiger partial charge is 0.329 e. The minimum absolute atomic E-state index is 0.621. The number of rotatable bonds is 8. The van der Waals surface area contributed by atoms with Crippen LogP contribution in [0.3, 0.4) is 0 Å². The van der Waals surface area contributed by atoms with Crippen LogP contribution in [0, 0.1) is 0 Å². The van der Waals surface area contributed by atoms with E-state index >= 15 is 0 Å². The van der Waals surface area contributed by atoms with Crippen LogP contribution in [0.5, 0.6) is 0 Å². The van der Waals surface area contributed by atoms with Crippen LogP contribution in [-0.4, -0.2) is 54.6 Å². The second-order valence-corrected chi connectivity index (χ2v) is 5.90. The van der Waals surface area contributed by atoms with Crippen LogP contribution < -0.4 is 5.73 Å². The smallest absolute Gasteiger partial charge is 0.0219 e. The first kappa shape index (κ1) is 15.9. The van der Waals surface area contributed by atoms with Crippen molar-refractivity contribution in [3.63, 3.8) is 0 Å². The van der Waals surface area contributed by atoms with Crippen LogP contribution in [0.4, 0.5) is 0 Å². The first-order valence-corrected chi connectivity index (χ1v) is 7.87. The number of hydrogen-bond acceptors (Lipinski definition) is 3. The van der Waals surface area contributed by atoms with Crippen molar-refractivity contribution < 1.29 is 0 Å². The van der Waals surface area contributed by atoms with E-state index in [9.17, 15) is 0 Å². The van der Waals surface area contributed by atoms with E-state index in [1.807, 2.05) is 0 Å². The van der Waals surface area contributed by atoms with Gasteiger partial charge in [0.2, 0.25) is 0 Å². The van der Waals surface area contributed by atoms with E-state index in [0.717, 1.165) is 6.54 Å². The summed E-state index contributed by atoms with van der Waals surface area (Å²) in [6, 6.07) is 1.31. The Hall–Kier alpha value is -0.120. The lowest BCUT2D eigenvalue weighted by Crippen LogP contribution is -2.53. The molecule has 1 rings (SSSR count). The first-order chi connectivity index (χ1) is 8.69. The Bertz CT molecular complexity index is 198. The van der Waals surface area contributed by atoms with Crippen molar-refractivity contribution in [2.75, 3.05) is 32.7 Å². The molecule has 0 aromatic rings. The lowest BCUT2D eigenvalue weighted by Gasteiger charge is -2.40. The molecule has 1 aliphatic heterocycles. The van der Waals surface area contributed by atoms with Crippen molar-refractivity contribution in [3.05, 3.63) is 0 Å². The quantitative estimate of drug-likeness (QED) is 0.676. The van der Waals surface area contributed by atoms with Crippen LogP contribution in [0.25, 0.3) is 0 Å². The molecule has 2 N–H and O–H groups in total. The summed E-state index contributed by atoms with van der Waals surface area (Å²) in [5.41, 5.74) is 5.96. The van der Waals surface area contributed by atoms with Gasteiger partial charge in [-0.05, 0) is 20.3 Å². The van der Waals surface area contributed by atoms with Crippen LogP contribution in [0.1, 0.15) is 52.9 Å². The Morgan fingerprint density at radius 1 is 0.944 bits per heavy atom. The predicted molar refractivity (Wildman–Crippen MR) is 79.9 cm³/mol. The average molecular weight is 255 g/mol. The van der Waals surface area contributed by atoms with E-state index in [-0.39, 0.29) is 0 Å². The van der Waals surface area contributed by atoms with Crippen LogP contribution in [0.2, 0.25) is 0 Å². The monoisotopic (exact) mass is 255 g/mol. The summed E-state index contributed by atoms with van der Waals surface area (Å²) in [6.45, 7) is 12.5. The van der Waals surface area contributed by atoms with Crippen LogP contribution in [0.15, 0.2) is 0 Å². The van der Waals surface area contributed by atoms with Crippen molar-refractivity contribution in [1.82, 2.24) is 9.80 Å². The molecule has 18 heavy (non-hydrogen) atoms. The van der Waals surface area contributed by atoms with Crippen molar-refractivity contribution >= 4 is 0 Å². The van der Waals surface area contributed by atoms with Gasteiger partial charge in [-0.1, -0.05) is 32.6 Å². The van der Waals surface area contributed by atoms with Gasteiger partial charge in [0, 0.05) is 44.8 Å². The number of piperazine rings is 1. The molecule has 0 bridgehead atoms. The summed E-state index contributed by atoms with van der Waals surface area (Å²) in [6.07, 6.45) is 6.70. The van der Waals surface area contributed by atoms with Crippen molar-refractivity contribution in [3.8, 4) is 0 Å². The fourth-order valence-corrected chi connectivity index (χ4v) is 2.88. The SMILES string of the molecule is CCCCCCC(CN)N1CCN(C(C)C)CC1.